The van der Waals surface area contributed by atoms with Crippen molar-refractivity contribution in [2.45, 2.75) is 19.5 Å². The monoisotopic (exact) mass is 386 g/mol. The zero-order valence-corrected chi connectivity index (χ0v) is 16.1. The van der Waals surface area contributed by atoms with Crippen LogP contribution in [0.15, 0.2) is 60.9 Å². The van der Waals surface area contributed by atoms with E-state index in [1.807, 2.05) is 36.7 Å². The average Bonchev–Trinajstić information content (AvgIpc) is 3.20. The van der Waals surface area contributed by atoms with E-state index in [0.29, 0.717) is 36.7 Å². The molecule has 3 heterocycles. The van der Waals surface area contributed by atoms with Gasteiger partial charge in [-0.25, -0.2) is 0 Å². The van der Waals surface area contributed by atoms with E-state index in [1.165, 1.54) is 22.3 Å². The van der Waals surface area contributed by atoms with Crippen molar-refractivity contribution in [3.05, 3.63) is 77.6 Å². The lowest BCUT2D eigenvalue weighted by Gasteiger charge is -2.19. The molecule has 0 N–H and O–H groups in total. The highest BCUT2D eigenvalue weighted by atomic mass is 16.6. The maximum Gasteiger partial charge on any atom is 0.164 e. The number of aromatic nitrogens is 1. The van der Waals surface area contributed by atoms with Gasteiger partial charge in [-0.1, -0.05) is 12.1 Å². The van der Waals surface area contributed by atoms with Crippen LogP contribution in [0.3, 0.4) is 0 Å². The maximum atomic E-state index is 12.7. The number of carbonyl (C=O) groups is 1. The first kappa shape index (κ1) is 17.9. The van der Waals surface area contributed by atoms with Gasteiger partial charge in [0.25, 0.3) is 0 Å². The minimum Gasteiger partial charge on any atom is -0.486 e. The molecule has 0 saturated carbocycles. The zero-order valence-electron chi connectivity index (χ0n) is 16.1. The van der Waals surface area contributed by atoms with Crippen LogP contribution in [0.25, 0.3) is 11.1 Å². The van der Waals surface area contributed by atoms with Gasteiger partial charge in [0.1, 0.15) is 13.2 Å². The van der Waals surface area contributed by atoms with E-state index in [2.05, 4.69) is 28.1 Å². The molecule has 2 aliphatic rings. The first-order valence-corrected chi connectivity index (χ1v) is 9.94. The van der Waals surface area contributed by atoms with E-state index in [0.717, 1.165) is 19.6 Å². The van der Waals surface area contributed by atoms with Gasteiger partial charge in [-0.2, -0.15) is 0 Å². The SMILES string of the molecule is O=C(CCN1Cc2ccc(-c3ccncc3)cc2C1)c1ccc2c(c1)OCCO2. The minimum absolute atomic E-state index is 0.135. The number of Topliss-reactive ketones (excluding diaryl/α,β-unsaturated/α-hetero) is 1. The number of carbonyl (C=O) groups excluding carboxylic acids is 1. The molecule has 0 saturated heterocycles. The molecule has 1 aromatic heterocycles. The Labute approximate surface area is 169 Å². The highest BCUT2D eigenvalue weighted by molar-refractivity contribution is 5.96. The first-order valence-electron chi connectivity index (χ1n) is 9.94. The predicted octanol–water partition coefficient (Wildman–Crippen LogP) is 4.11. The summed E-state index contributed by atoms with van der Waals surface area (Å²) < 4.78 is 11.1. The first-order chi connectivity index (χ1) is 14.3. The van der Waals surface area contributed by atoms with Gasteiger partial charge in [0.2, 0.25) is 0 Å². The van der Waals surface area contributed by atoms with Gasteiger partial charge in [0, 0.05) is 44.0 Å². The Morgan fingerprint density at radius 1 is 0.862 bits per heavy atom. The quantitative estimate of drug-likeness (QED) is 0.618. The fourth-order valence-electron chi connectivity index (χ4n) is 3.97. The molecule has 2 aromatic carbocycles. The number of ether oxygens (including phenoxy) is 2. The van der Waals surface area contributed by atoms with Crippen molar-refractivity contribution < 1.29 is 14.3 Å². The van der Waals surface area contributed by atoms with Gasteiger partial charge in [0.05, 0.1) is 0 Å². The second-order valence-corrected chi connectivity index (χ2v) is 7.46. The van der Waals surface area contributed by atoms with E-state index >= 15 is 0 Å². The number of benzene rings is 2. The van der Waals surface area contributed by atoms with E-state index < -0.39 is 0 Å². The molecule has 2 aliphatic heterocycles. The molecule has 0 radical (unpaired) electrons. The fraction of sp³-hybridized carbons (Fsp3) is 0.250. The number of hydrogen-bond donors (Lipinski definition) is 0. The molecule has 3 aromatic rings. The van der Waals surface area contributed by atoms with Gasteiger partial charge in [-0.05, 0) is 58.7 Å². The Morgan fingerprint density at radius 2 is 1.66 bits per heavy atom. The molecule has 0 unspecified atom stereocenters. The Hall–Kier alpha value is -3.18. The number of rotatable bonds is 5. The van der Waals surface area contributed by atoms with Crippen molar-refractivity contribution >= 4 is 5.78 Å². The Balaban J connectivity index is 1.22. The van der Waals surface area contributed by atoms with Crippen molar-refractivity contribution in [1.29, 1.82) is 0 Å². The van der Waals surface area contributed by atoms with E-state index in [4.69, 9.17) is 9.47 Å². The molecule has 146 valence electrons. The molecular weight excluding hydrogens is 364 g/mol. The van der Waals surface area contributed by atoms with Crippen molar-refractivity contribution in [1.82, 2.24) is 9.88 Å². The number of fused-ring (bicyclic) bond motifs is 2. The van der Waals surface area contributed by atoms with Crippen LogP contribution < -0.4 is 9.47 Å². The molecule has 0 fully saturated rings. The minimum atomic E-state index is 0.135. The van der Waals surface area contributed by atoms with Crippen LogP contribution in [0.4, 0.5) is 0 Å². The molecule has 0 aliphatic carbocycles. The van der Waals surface area contributed by atoms with Crippen molar-refractivity contribution in [3.63, 3.8) is 0 Å². The summed E-state index contributed by atoms with van der Waals surface area (Å²) in [5.41, 5.74) is 5.75. The van der Waals surface area contributed by atoms with Gasteiger partial charge < -0.3 is 9.47 Å². The highest BCUT2D eigenvalue weighted by Crippen LogP contribution is 2.32. The van der Waals surface area contributed by atoms with Crippen LogP contribution in [0.1, 0.15) is 27.9 Å². The van der Waals surface area contributed by atoms with Crippen LogP contribution in [0.2, 0.25) is 0 Å². The summed E-state index contributed by atoms with van der Waals surface area (Å²) in [5, 5.41) is 0. The molecule has 0 amide bonds. The van der Waals surface area contributed by atoms with E-state index in [1.54, 1.807) is 6.07 Å². The van der Waals surface area contributed by atoms with E-state index in [9.17, 15) is 4.79 Å². The van der Waals surface area contributed by atoms with E-state index in [-0.39, 0.29) is 5.78 Å². The Kier molecular flexibility index (Phi) is 4.74. The lowest BCUT2D eigenvalue weighted by molar-refractivity contribution is 0.0962. The van der Waals surface area contributed by atoms with Crippen LogP contribution in [0, 0.1) is 0 Å². The molecule has 0 atom stereocenters. The van der Waals surface area contributed by atoms with Crippen molar-refractivity contribution in [2.75, 3.05) is 19.8 Å². The summed E-state index contributed by atoms with van der Waals surface area (Å²) in [4.78, 5) is 19.1. The van der Waals surface area contributed by atoms with Crippen LogP contribution in [-0.4, -0.2) is 35.4 Å². The molecule has 5 rings (SSSR count). The van der Waals surface area contributed by atoms with Crippen LogP contribution in [0.5, 0.6) is 11.5 Å². The molecule has 0 spiro atoms. The topological polar surface area (TPSA) is 51.7 Å². The van der Waals surface area contributed by atoms with Crippen LogP contribution >= 0.6 is 0 Å². The summed E-state index contributed by atoms with van der Waals surface area (Å²) in [6.07, 6.45) is 4.13. The van der Waals surface area contributed by atoms with Crippen molar-refractivity contribution in [2.24, 2.45) is 0 Å². The molecule has 5 nitrogen and oxygen atoms in total. The second kappa shape index (κ2) is 7.68. The van der Waals surface area contributed by atoms with Gasteiger partial charge in [-0.15, -0.1) is 0 Å². The third-order valence-corrected chi connectivity index (χ3v) is 5.53. The third-order valence-electron chi connectivity index (χ3n) is 5.53. The summed E-state index contributed by atoms with van der Waals surface area (Å²) in [6.45, 7) is 3.59. The smallest absolute Gasteiger partial charge is 0.164 e. The lowest BCUT2D eigenvalue weighted by Crippen LogP contribution is -2.20. The highest BCUT2D eigenvalue weighted by Gasteiger charge is 2.21. The number of pyridine rings is 1. The maximum absolute atomic E-state index is 12.7. The summed E-state index contributed by atoms with van der Waals surface area (Å²) in [7, 11) is 0. The number of ketones is 1. The molecule has 5 heteroatoms. The van der Waals surface area contributed by atoms with Gasteiger partial charge in [-0.3, -0.25) is 14.7 Å². The van der Waals surface area contributed by atoms with Crippen LogP contribution in [-0.2, 0) is 13.1 Å². The summed E-state index contributed by atoms with van der Waals surface area (Å²) in [5.74, 6) is 1.52. The predicted molar refractivity (Wildman–Crippen MR) is 110 cm³/mol. The van der Waals surface area contributed by atoms with Gasteiger partial charge in [0.15, 0.2) is 17.3 Å². The third kappa shape index (κ3) is 3.74. The molecular formula is C24H22N2O3. The average molecular weight is 386 g/mol. The lowest BCUT2D eigenvalue weighted by atomic mass is 10.0. The Morgan fingerprint density at radius 3 is 2.52 bits per heavy atom. The van der Waals surface area contributed by atoms with Crippen molar-refractivity contribution in [3.8, 4) is 22.6 Å². The number of nitrogens with zero attached hydrogens (tertiary/aromatic N) is 2. The normalized spacial score (nSPS) is 15.2. The second-order valence-electron chi connectivity index (χ2n) is 7.46. The zero-order chi connectivity index (χ0) is 19.6. The van der Waals surface area contributed by atoms with Gasteiger partial charge >= 0.3 is 0 Å². The summed E-state index contributed by atoms with van der Waals surface area (Å²) in [6, 6.07) is 16.1. The largest absolute Gasteiger partial charge is 0.486 e. The fourth-order valence-corrected chi connectivity index (χ4v) is 3.97. The number of hydrogen-bond acceptors (Lipinski definition) is 5. The molecule has 0 bridgehead atoms. The standard InChI is InChI=1S/C24H22N2O3/c27-22(19-3-4-23-24(14-19)29-12-11-28-23)7-10-26-15-20-2-1-18(13-21(20)16-26)17-5-8-25-9-6-17/h1-6,8-9,13-14H,7,10-12,15-16H2. The summed E-state index contributed by atoms with van der Waals surface area (Å²) >= 11 is 0. The Bertz CT molecular complexity index is 1050. The molecule has 29 heavy (non-hydrogen) atoms.